The van der Waals surface area contributed by atoms with E-state index >= 15 is 0 Å². The summed E-state index contributed by atoms with van der Waals surface area (Å²) in [6.45, 7) is 0.380. The molecule has 98 valence electrons. The van der Waals surface area contributed by atoms with Crippen molar-refractivity contribution in [2.45, 2.75) is 12.4 Å². The molecule has 1 aliphatic carbocycles. The number of carbonyl (C=O) groups is 2. The number of halogens is 1. The maximum Gasteiger partial charge on any atom is 0.218 e. The second-order valence-corrected chi connectivity index (χ2v) is 5.24. The SMILES string of the molecule is O=C(c1ccc(F)cc1)[C@@H]1[C@@H]2C(=O)[C@@H]3OC[C@H](O3)[C@@H]12. The fourth-order valence-electron chi connectivity index (χ4n) is 3.24. The third kappa shape index (κ3) is 1.52. The highest BCUT2D eigenvalue weighted by Crippen LogP contribution is 2.57. The highest BCUT2D eigenvalue weighted by Gasteiger charge is 2.68. The summed E-state index contributed by atoms with van der Waals surface area (Å²) >= 11 is 0. The van der Waals surface area contributed by atoms with Crippen LogP contribution in [0.3, 0.4) is 0 Å². The van der Waals surface area contributed by atoms with Crippen molar-refractivity contribution < 1.29 is 23.5 Å². The summed E-state index contributed by atoms with van der Waals surface area (Å²) < 4.78 is 23.5. The number of hydrogen-bond acceptors (Lipinski definition) is 4. The number of rotatable bonds is 2. The molecule has 5 atom stereocenters. The van der Waals surface area contributed by atoms with Crippen LogP contribution >= 0.6 is 0 Å². The monoisotopic (exact) mass is 262 g/mol. The molecule has 2 aliphatic heterocycles. The summed E-state index contributed by atoms with van der Waals surface area (Å²) in [6.07, 6.45) is -0.931. The first-order valence-corrected chi connectivity index (χ1v) is 6.27. The molecule has 1 aromatic rings. The second kappa shape index (κ2) is 3.71. The van der Waals surface area contributed by atoms with Crippen LogP contribution < -0.4 is 0 Å². The molecule has 3 fully saturated rings. The predicted octanol–water partition coefficient (Wildman–Crippen LogP) is 1.19. The summed E-state index contributed by atoms with van der Waals surface area (Å²) in [7, 11) is 0. The number of Topliss-reactive ketones (excluding diaryl/α,β-unsaturated/α-hetero) is 2. The van der Waals surface area contributed by atoms with Crippen LogP contribution in [0.25, 0.3) is 0 Å². The molecule has 0 radical (unpaired) electrons. The van der Waals surface area contributed by atoms with Gasteiger partial charge in [0.2, 0.25) is 6.29 Å². The first-order chi connectivity index (χ1) is 9.16. The van der Waals surface area contributed by atoms with E-state index in [-0.39, 0.29) is 41.2 Å². The molecule has 0 amide bonds. The Balaban J connectivity index is 1.60. The van der Waals surface area contributed by atoms with E-state index in [0.717, 1.165) is 0 Å². The molecule has 2 saturated heterocycles. The van der Waals surface area contributed by atoms with Gasteiger partial charge in [-0.05, 0) is 24.3 Å². The minimum absolute atomic E-state index is 0.0659. The van der Waals surface area contributed by atoms with Crippen LogP contribution in [0.5, 0.6) is 0 Å². The number of fused-ring (bicyclic) bond motifs is 4. The van der Waals surface area contributed by atoms with Gasteiger partial charge in [0.1, 0.15) is 5.82 Å². The molecule has 2 bridgehead atoms. The van der Waals surface area contributed by atoms with Gasteiger partial charge in [-0.1, -0.05) is 0 Å². The van der Waals surface area contributed by atoms with Gasteiger partial charge in [-0.2, -0.15) is 0 Å². The Labute approximate surface area is 108 Å². The lowest BCUT2D eigenvalue weighted by atomic mass is 10.0. The molecule has 4 rings (SSSR count). The smallest absolute Gasteiger partial charge is 0.218 e. The Morgan fingerprint density at radius 1 is 1.26 bits per heavy atom. The van der Waals surface area contributed by atoms with Gasteiger partial charge in [0, 0.05) is 23.3 Å². The topological polar surface area (TPSA) is 52.6 Å². The molecule has 2 heterocycles. The first kappa shape index (κ1) is 11.3. The van der Waals surface area contributed by atoms with Crippen molar-refractivity contribution >= 4 is 11.6 Å². The molecular weight excluding hydrogens is 251 g/mol. The average Bonchev–Trinajstić information content (AvgIpc) is 3.02. The predicted molar refractivity (Wildman–Crippen MR) is 60.8 cm³/mol. The van der Waals surface area contributed by atoms with Gasteiger partial charge in [0.25, 0.3) is 0 Å². The summed E-state index contributed by atoms with van der Waals surface area (Å²) in [6, 6.07) is 5.43. The van der Waals surface area contributed by atoms with Crippen molar-refractivity contribution in [2.24, 2.45) is 17.8 Å². The van der Waals surface area contributed by atoms with E-state index in [0.29, 0.717) is 12.2 Å². The van der Waals surface area contributed by atoms with Crippen molar-refractivity contribution in [3.63, 3.8) is 0 Å². The maximum absolute atomic E-state index is 12.8. The minimum atomic E-state index is -0.780. The largest absolute Gasteiger partial charge is 0.343 e. The molecule has 1 aromatic carbocycles. The van der Waals surface area contributed by atoms with Crippen LogP contribution in [0, 0.1) is 23.6 Å². The third-order valence-electron chi connectivity index (χ3n) is 4.21. The van der Waals surface area contributed by atoms with Gasteiger partial charge in [-0.3, -0.25) is 9.59 Å². The zero-order valence-corrected chi connectivity index (χ0v) is 9.91. The number of ether oxygens (including phenoxy) is 2. The van der Waals surface area contributed by atoms with Crippen LogP contribution in [-0.2, 0) is 14.3 Å². The Morgan fingerprint density at radius 2 is 2.00 bits per heavy atom. The lowest BCUT2D eigenvalue weighted by molar-refractivity contribution is -0.153. The summed E-state index contributed by atoms with van der Waals surface area (Å²) in [5, 5.41) is 0. The fourth-order valence-corrected chi connectivity index (χ4v) is 3.24. The van der Waals surface area contributed by atoms with Crippen molar-refractivity contribution in [1.82, 2.24) is 0 Å². The van der Waals surface area contributed by atoms with Gasteiger partial charge in [0.15, 0.2) is 11.6 Å². The molecule has 4 nitrogen and oxygen atoms in total. The van der Waals surface area contributed by atoms with Crippen molar-refractivity contribution in [2.75, 3.05) is 6.61 Å². The lowest BCUT2D eigenvalue weighted by Crippen LogP contribution is -2.30. The summed E-state index contributed by atoms with van der Waals surface area (Å²) in [4.78, 5) is 24.3. The van der Waals surface area contributed by atoms with Crippen LogP contribution in [-0.4, -0.2) is 30.6 Å². The molecule has 0 spiro atoms. The molecule has 1 saturated carbocycles. The molecule has 0 unspecified atom stereocenters. The maximum atomic E-state index is 12.8. The van der Waals surface area contributed by atoms with Crippen molar-refractivity contribution in [1.29, 1.82) is 0 Å². The van der Waals surface area contributed by atoms with Gasteiger partial charge >= 0.3 is 0 Å². The standard InChI is InChI=1S/C14H11FO4/c15-7-3-1-6(2-4-7)12(16)10-9-8-5-18-14(19-8)13(17)11(9)10/h1-4,8-11,14H,5H2/t8-,9-,10-,11+,14+/m0/s1. The van der Waals surface area contributed by atoms with E-state index in [1.807, 2.05) is 0 Å². The third-order valence-corrected chi connectivity index (χ3v) is 4.21. The molecule has 0 aromatic heterocycles. The van der Waals surface area contributed by atoms with Gasteiger partial charge in [-0.25, -0.2) is 4.39 Å². The van der Waals surface area contributed by atoms with E-state index in [4.69, 9.17) is 9.47 Å². The zero-order chi connectivity index (χ0) is 13.1. The molecule has 5 heteroatoms. The Kier molecular flexibility index (Phi) is 2.20. The highest BCUT2D eigenvalue weighted by atomic mass is 19.1. The Bertz CT molecular complexity index is 567. The first-order valence-electron chi connectivity index (χ1n) is 6.27. The highest BCUT2D eigenvalue weighted by molar-refractivity contribution is 6.05. The van der Waals surface area contributed by atoms with E-state index in [1.165, 1.54) is 24.3 Å². The second-order valence-electron chi connectivity index (χ2n) is 5.24. The minimum Gasteiger partial charge on any atom is -0.343 e. The fraction of sp³-hybridized carbons (Fsp3) is 0.429. The molecule has 3 aliphatic rings. The quantitative estimate of drug-likeness (QED) is 0.751. The summed E-state index contributed by atoms with van der Waals surface area (Å²) in [5.74, 6) is -1.26. The zero-order valence-electron chi connectivity index (χ0n) is 9.91. The van der Waals surface area contributed by atoms with E-state index in [9.17, 15) is 14.0 Å². The van der Waals surface area contributed by atoms with E-state index in [1.54, 1.807) is 0 Å². The molecule has 19 heavy (non-hydrogen) atoms. The van der Waals surface area contributed by atoms with E-state index in [2.05, 4.69) is 0 Å². The lowest BCUT2D eigenvalue weighted by Gasteiger charge is -2.14. The Morgan fingerprint density at radius 3 is 2.74 bits per heavy atom. The summed E-state index contributed by atoms with van der Waals surface area (Å²) in [5.41, 5.74) is 0.449. The van der Waals surface area contributed by atoms with Crippen LogP contribution in [0.1, 0.15) is 10.4 Å². The molecule has 0 N–H and O–H groups in total. The van der Waals surface area contributed by atoms with Gasteiger partial charge < -0.3 is 9.47 Å². The number of ketones is 2. The van der Waals surface area contributed by atoms with Gasteiger partial charge in [-0.15, -0.1) is 0 Å². The Hall–Kier alpha value is -1.59. The van der Waals surface area contributed by atoms with Crippen molar-refractivity contribution in [3.05, 3.63) is 35.6 Å². The van der Waals surface area contributed by atoms with Crippen molar-refractivity contribution in [3.8, 4) is 0 Å². The molecular formula is C14H11FO4. The normalized spacial score (nSPS) is 39.0. The van der Waals surface area contributed by atoms with Crippen LogP contribution in [0.2, 0.25) is 0 Å². The number of benzene rings is 1. The number of carbonyl (C=O) groups excluding carboxylic acids is 2. The van der Waals surface area contributed by atoms with Gasteiger partial charge in [0.05, 0.1) is 12.7 Å². The van der Waals surface area contributed by atoms with E-state index < -0.39 is 6.29 Å². The van der Waals surface area contributed by atoms with Crippen LogP contribution in [0.4, 0.5) is 4.39 Å². The van der Waals surface area contributed by atoms with Crippen LogP contribution in [0.15, 0.2) is 24.3 Å². The average molecular weight is 262 g/mol. The number of hydrogen-bond donors (Lipinski definition) is 0.